The molecule has 3 fully saturated rings. The molecule has 2 N–H and O–H groups in total. The SMILES string of the molecule is CC(C)CO/N=C1/C[C@@H](O)[C@@H](O)[C@@H]2[C@@H]3C(=O)N(Cc4ccccc4)C(=O)[C@H]3CC[C@H]12. The summed E-state index contributed by atoms with van der Waals surface area (Å²) >= 11 is 0. The highest BCUT2D eigenvalue weighted by molar-refractivity contribution is 6.06. The van der Waals surface area contributed by atoms with E-state index in [-0.39, 0.29) is 30.7 Å². The van der Waals surface area contributed by atoms with E-state index < -0.39 is 30.0 Å². The lowest BCUT2D eigenvalue weighted by Gasteiger charge is -2.45. The molecule has 0 radical (unpaired) electrons. The van der Waals surface area contributed by atoms with Gasteiger partial charge in [-0.2, -0.15) is 0 Å². The van der Waals surface area contributed by atoms with Gasteiger partial charge < -0.3 is 15.1 Å². The Bertz CT molecular complexity index is 824. The number of rotatable bonds is 5. The third-order valence-corrected chi connectivity index (χ3v) is 6.64. The van der Waals surface area contributed by atoms with Crippen molar-refractivity contribution < 1.29 is 24.6 Å². The number of fused-ring (bicyclic) bond motifs is 3. The number of hydrogen-bond acceptors (Lipinski definition) is 6. The van der Waals surface area contributed by atoms with Gasteiger partial charge in [0.1, 0.15) is 6.61 Å². The maximum atomic E-state index is 13.3. The van der Waals surface area contributed by atoms with Crippen molar-refractivity contribution in [2.45, 2.75) is 51.9 Å². The second-order valence-corrected chi connectivity index (χ2v) is 9.18. The molecule has 2 aliphatic carbocycles. The fourth-order valence-corrected chi connectivity index (χ4v) is 5.23. The van der Waals surface area contributed by atoms with E-state index in [9.17, 15) is 19.8 Å². The van der Waals surface area contributed by atoms with Gasteiger partial charge >= 0.3 is 0 Å². The first-order chi connectivity index (χ1) is 14.4. The second kappa shape index (κ2) is 8.47. The molecule has 0 aromatic heterocycles. The van der Waals surface area contributed by atoms with Gasteiger partial charge in [0.25, 0.3) is 0 Å². The summed E-state index contributed by atoms with van der Waals surface area (Å²) in [5.41, 5.74) is 1.58. The summed E-state index contributed by atoms with van der Waals surface area (Å²) in [5, 5.41) is 25.5. The molecule has 4 rings (SSSR count). The van der Waals surface area contributed by atoms with Crippen LogP contribution in [0.2, 0.25) is 0 Å². The smallest absolute Gasteiger partial charge is 0.233 e. The number of imide groups is 1. The molecule has 1 heterocycles. The molecule has 30 heavy (non-hydrogen) atoms. The van der Waals surface area contributed by atoms with Gasteiger partial charge in [-0.1, -0.05) is 49.3 Å². The molecule has 7 nitrogen and oxygen atoms in total. The molecule has 0 spiro atoms. The van der Waals surface area contributed by atoms with Crippen LogP contribution < -0.4 is 0 Å². The van der Waals surface area contributed by atoms with Crippen molar-refractivity contribution in [2.24, 2.45) is 34.7 Å². The van der Waals surface area contributed by atoms with Crippen molar-refractivity contribution in [3.63, 3.8) is 0 Å². The van der Waals surface area contributed by atoms with E-state index in [0.717, 1.165) is 5.56 Å². The molecule has 7 heteroatoms. The summed E-state index contributed by atoms with van der Waals surface area (Å²) in [4.78, 5) is 33.2. The summed E-state index contributed by atoms with van der Waals surface area (Å²) in [7, 11) is 0. The average Bonchev–Trinajstić information content (AvgIpc) is 2.96. The molecule has 1 aromatic rings. The summed E-state index contributed by atoms with van der Waals surface area (Å²) in [6, 6.07) is 9.43. The van der Waals surface area contributed by atoms with Crippen LogP contribution in [0.5, 0.6) is 0 Å². The Morgan fingerprint density at radius 3 is 2.50 bits per heavy atom. The van der Waals surface area contributed by atoms with Gasteiger partial charge in [0.2, 0.25) is 11.8 Å². The Morgan fingerprint density at radius 1 is 1.10 bits per heavy atom. The highest BCUT2D eigenvalue weighted by Crippen LogP contribution is 2.49. The molecular weight excluding hydrogens is 384 g/mol. The van der Waals surface area contributed by atoms with Gasteiger partial charge in [-0.25, -0.2) is 0 Å². The molecule has 162 valence electrons. The van der Waals surface area contributed by atoms with Gasteiger partial charge in [0, 0.05) is 18.3 Å². The van der Waals surface area contributed by atoms with Crippen molar-refractivity contribution in [3.8, 4) is 0 Å². The Morgan fingerprint density at radius 2 is 1.80 bits per heavy atom. The van der Waals surface area contributed by atoms with Crippen LogP contribution in [0.15, 0.2) is 35.5 Å². The van der Waals surface area contributed by atoms with Gasteiger partial charge in [0.15, 0.2) is 0 Å². The van der Waals surface area contributed by atoms with Gasteiger partial charge in [-0.05, 0) is 24.3 Å². The molecule has 2 amide bonds. The van der Waals surface area contributed by atoms with E-state index in [4.69, 9.17) is 4.84 Å². The van der Waals surface area contributed by atoms with E-state index in [1.165, 1.54) is 4.90 Å². The minimum absolute atomic E-state index is 0.162. The summed E-state index contributed by atoms with van der Waals surface area (Å²) in [6.45, 7) is 4.75. The van der Waals surface area contributed by atoms with E-state index in [1.54, 1.807) is 0 Å². The molecule has 0 bridgehead atoms. The molecule has 3 aliphatic rings. The van der Waals surface area contributed by atoms with Crippen LogP contribution in [0.1, 0.15) is 38.7 Å². The fraction of sp³-hybridized carbons (Fsp3) is 0.609. The molecule has 1 aromatic carbocycles. The third-order valence-electron chi connectivity index (χ3n) is 6.64. The molecule has 1 aliphatic heterocycles. The second-order valence-electron chi connectivity index (χ2n) is 9.18. The predicted octanol–water partition coefficient (Wildman–Crippen LogP) is 1.97. The van der Waals surface area contributed by atoms with Crippen LogP contribution in [0.3, 0.4) is 0 Å². The maximum Gasteiger partial charge on any atom is 0.233 e. The summed E-state index contributed by atoms with van der Waals surface area (Å²) in [5.74, 6) is -1.86. The highest BCUT2D eigenvalue weighted by Gasteiger charge is 2.59. The zero-order valence-corrected chi connectivity index (χ0v) is 17.5. The molecule has 1 saturated heterocycles. The first-order valence-corrected chi connectivity index (χ1v) is 10.8. The fourth-order valence-electron chi connectivity index (χ4n) is 5.23. The van der Waals surface area contributed by atoms with Crippen molar-refractivity contribution >= 4 is 17.5 Å². The Kier molecular flexibility index (Phi) is 5.93. The molecule has 0 unspecified atom stereocenters. The summed E-state index contributed by atoms with van der Waals surface area (Å²) in [6.07, 6.45) is -0.614. The largest absolute Gasteiger partial charge is 0.396 e. The van der Waals surface area contributed by atoms with Gasteiger partial charge in [0.05, 0.1) is 36.3 Å². The Balaban J connectivity index is 1.59. The van der Waals surface area contributed by atoms with Crippen LogP contribution >= 0.6 is 0 Å². The number of aliphatic hydroxyl groups is 2. The third kappa shape index (κ3) is 3.76. The van der Waals surface area contributed by atoms with Crippen LogP contribution in [0.4, 0.5) is 0 Å². The van der Waals surface area contributed by atoms with Crippen LogP contribution in [0.25, 0.3) is 0 Å². The van der Waals surface area contributed by atoms with E-state index in [1.807, 2.05) is 44.2 Å². The van der Waals surface area contributed by atoms with E-state index >= 15 is 0 Å². The van der Waals surface area contributed by atoms with Crippen molar-refractivity contribution in [2.75, 3.05) is 6.61 Å². The first-order valence-electron chi connectivity index (χ1n) is 10.8. The lowest BCUT2D eigenvalue weighted by molar-refractivity contribution is -0.142. The Labute approximate surface area is 176 Å². The zero-order chi connectivity index (χ0) is 21.4. The van der Waals surface area contributed by atoms with E-state index in [2.05, 4.69) is 5.16 Å². The first kappa shape index (κ1) is 21.0. The number of nitrogens with zero attached hydrogens (tertiary/aromatic N) is 2. The van der Waals surface area contributed by atoms with Crippen LogP contribution in [-0.2, 0) is 21.0 Å². The summed E-state index contributed by atoms with van der Waals surface area (Å²) < 4.78 is 0. The number of carbonyl (C=O) groups excluding carboxylic acids is 2. The Hall–Kier alpha value is -2.25. The quantitative estimate of drug-likeness (QED) is 0.567. The van der Waals surface area contributed by atoms with Crippen molar-refractivity contribution in [1.82, 2.24) is 4.90 Å². The minimum atomic E-state index is -1.06. The average molecular weight is 415 g/mol. The van der Waals surface area contributed by atoms with Crippen molar-refractivity contribution in [1.29, 1.82) is 0 Å². The lowest BCUT2D eigenvalue weighted by atomic mass is 9.60. The highest BCUT2D eigenvalue weighted by atomic mass is 16.6. The maximum absolute atomic E-state index is 13.3. The number of hydrogen-bond donors (Lipinski definition) is 2. The topological polar surface area (TPSA) is 99.4 Å². The number of amides is 2. The normalized spacial score (nSPS) is 35.0. The minimum Gasteiger partial charge on any atom is -0.396 e. The molecular formula is C23H30N2O5. The van der Waals surface area contributed by atoms with Crippen LogP contribution in [-0.4, -0.2) is 51.5 Å². The predicted molar refractivity (Wildman–Crippen MR) is 110 cm³/mol. The van der Waals surface area contributed by atoms with E-state index in [0.29, 0.717) is 31.1 Å². The lowest BCUT2D eigenvalue weighted by Crippen LogP contribution is -2.54. The van der Waals surface area contributed by atoms with Crippen LogP contribution in [0, 0.1) is 29.6 Å². The molecule has 2 saturated carbocycles. The van der Waals surface area contributed by atoms with Gasteiger partial charge in [-0.3, -0.25) is 14.5 Å². The van der Waals surface area contributed by atoms with Gasteiger partial charge in [-0.15, -0.1) is 0 Å². The number of benzene rings is 1. The zero-order valence-electron chi connectivity index (χ0n) is 17.5. The van der Waals surface area contributed by atoms with Crippen molar-refractivity contribution in [3.05, 3.63) is 35.9 Å². The standard InChI is InChI=1S/C23H30N2O5/c1-13(2)12-30-24-17-10-18(26)21(27)19-15(17)8-9-16-20(19)23(29)25(22(16)28)11-14-6-4-3-5-7-14/h3-7,13,15-16,18-21,26-27H,8-12H2,1-2H3/b24-17-/t15-,16+,18-,19+,20-,21-/m1/s1. The number of carbonyl (C=O) groups is 2. The number of oxime groups is 1. The monoisotopic (exact) mass is 414 g/mol. The number of aliphatic hydroxyl groups excluding tert-OH is 2. The number of likely N-dealkylation sites (tertiary alicyclic amines) is 1. The molecule has 6 atom stereocenters.